The first-order chi connectivity index (χ1) is 16.6. The predicted octanol–water partition coefficient (Wildman–Crippen LogP) is 2.59. The van der Waals surface area contributed by atoms with Gasteiger partial charge >= 0.3 is 6.09 Å². The molecule has 0 bridgehead atoms. The van der Waals surface area contributed by atoms with Crippen molar-refractivity contribution in [3.8, 4) is 6.07 Å². The van der Waals surface area contributed by atoms with Gasteiger partial charge in [0.05, 0.1) is 12.7 Å². The highest BCUT2D eigenvalue weighted by molar-refractivity contribution is 5.92. The molecule has 0 fully saturated rings. The first-order valence-electron chi connectivity index (χ1n) is 11.2. The van der Waals surface area contributed by atoms with Crippen LogP contribution in [0.4, 0.5) is 4.79 Å². The molecular weight excluding hydrogens is 448 g/mol. The summed E-state index contributed by atoms with van der Waals surface area (Å²) >= 11 is 0. The van der Waals surface area contributed by atoms with Gasteiger partial charge in [0, 0.05) is 6.54 Å². The lowest BCUT2D eigenvalue weighted by molar-refractivity contribution is -0.142. The molecule has 3 N–H and O–H groups in total. The van der Waals surface area contributed by atoms with E-state index in [-0.39, 0.29) is 6.54 Å². The third kappa shape index (κ3) is 8.43. The summed E-state index contributed by atoms with van der Waals surface area (Å²) in [7, 11) is 0. The average molecular weight is 481 g/mol. The van der Waals surface area contributed by atoms with Crippen molar-refractivity contribution in [3.63, 3.8) is 0 Å². The van der Waals surface area contributed by atoms with Crippen LogP contribution in [0, 0.1) is 18.3 Å². The molecular formula is C26H32N4O5. The van der Waals surface area contributed by atoms with E-state index in [2.05, 4.69) is 10.6 Å². The van der Waals surface area contributed by atoms with Gasteiger partial charge in [0.2, 0.25) is 11.8 Å². The van der Waals surface area contributed by atoms with Gasteiger partial charge < -0.3 is 25.4 Å². The number of nitriles is 1. The SMILES string of the molecule is Cc1cccc(C(C(=O)NCc2ccccc2)N(CC#N)C(=O)C(CO)NC(=O)OC(C)(C)C)c1. The molecule has 0 aliphatic carbocycles. The van der Waals surface area contributed by atoms with E-state index in [9.17, 15) is 24.8 Å². The molecule has 0 aliphatic rings. The Morgan fingerprint density at radius 3 is 2.37 bits per heavy atom. The standard InChI is InChI=1S/C26H32N4O5/c1-18-9-8-12-20(15-18)22(23(32)28-16-19-10-6-5-7-11-19)30(14-13-27)24(33)21(17-31)29-25(34)35-26(2,3)4/h5-12,15,21-22,31H,14,16-17H2,1-4H3,(H,28,32)(H,29,34). The number of carbonyl (C=O) groups is 3. The molecule has 0 heterocycles. The van der Waals surface area contributed by atoms with Crippen LogP contribution in [0.5, 0.6) is 0 Å². The second kappa shape index (κ2) is 12.5. The fourth-order valence-corrected chi connectivity index (χ4v) is 3.40. The molecule has 35 heavy (non-hydrogen) atoms. The molecule has 3 amide bonds. The van der Waals surface area contributed by atoms with E-state index in [0.29, 0.717) is 5.56 Å². The van der Waals surface area contributed by atoms with Crippen molar-refractivity contribution < 1.29 is 24.2 Å². The van der Waals surface area contributed by atoms with Crippen molar-refractivity contribution in [1.29, 1.82) is 5.26 Å². The molecule has 2 rings (SSSR count). The topological polar surface area (TPSA) is 132 Å². The highest BCUT2D eigenvalue weighted by Gasteiger charge is 2.36. The van der Waals surface area contributed by atoms with Crippen molar-refractivity contribution in [1.82, 2.24) is 15.5 Å². The van der Waals surface area contributed by atoms with Crippen LogP contribution in [-0.4, -0.2) is 52.7 Å². The van der Waals surface area contributed by atoms with Gasteiger partial charge in [-0.2, -0.15) is 5.26 Å². The maximum atomic E-state index is 13.4. The van der Waals surface area contributed by atoms with Crippen LogP contribution in [0.15, 0.2) is 54.6 Å². The fourth-order valence-electron chi connectivity index (χ4n) is 3.40. The Balaban J connectivity index is 2.36. The Morgan fingerprint density at radius 1 is 1.11 bits per heavy atom. The zero-order valence-corrected chi connectivity index (χ0v) is 20.4. The van der Waals surface area contributed by atoms with E-state index >= 15 is 0 Å². The smallest absolute Gasteiger partial charge is 0.408 e. The Labute approximate surface area is 205 Å². The number of hydrogen-bond donors (Lipinski definition) is 3. The van der Waals surface area contributed by atoms with Gasteiger partial charge in [0.25, 0.3) is 0 Å². The number of hydrogen-bond acceptors (Lipinski definition) is 6. The second-order valence-electron chi connectivity index (χ2n) is 9.03. The molecule has 186 valence electrons. The molecule has 9 heteroatoms. The summed E-state index contributed by atoms with van der Waals surface area (Å²) in [4.78, 5) is 40.1. The van der Waals surface area contributed by atoms with E-state index in [1.807, 2.05) is 49.4 Å². The fraction of sp³-hybridized carbons (Fsp3) is 0.385. The summed E-state index contributed by atoms with van der Waals surface area (Å²) in [5.74, 6) is -1.29. The first kappa shape index (κ1) is 27.3. The molecule has 0 radical (unpaired) electrons. The van der Waals surface area contributed by atoms with Crippen LogP contribution in [0.25, 0.3) is 0 Å². The number of alkyl carbamates (subject to hydrolysis) is 1. The third-order valence-corrected chi connectivity index (χ3v) is 4.92. The average Bonchev–Trinajstić information content (AvgIpc) is 2.80. The van der Waals surface area contributed by atoms with E-state index in [0.717, 1.165) is 16.0 Å². The lowest BCUT2D eigenvalue weighted by Gasteiger charge is -2.32. The number of benzene rings is 2. The number of ether oxygens (including phenoxy) is 1. The van der Waals surface area contributed by atoms with Crippen molar-refractivity contribution in [2.45, 2.75) is 51.9 Å². The number of aliphatic hydroxyl groups excluding tert-OH is 1. The third-order valence-electron chi connectivity index (χ3n) is 4.92. The minimum Gasteiger partial charge on any atom is -0.444 e. The maximum Gasteiger partial charge on any atom is 0.408 e. The van der Waals surface area contributed by atoms with Gasteiger partial charge in [-0.25, -0.2) is 4.79 Å². The number of carbonyl (C=O) groups excluding carboxylic acids is 3. The van der Waals surface area contributed by atoms with Crippen molar-refractivity contribution in [2.75, 3.05) is 13.2 Å². The van der Waals surface area contributed by atoms with Gasteiger partial charge in [-0.15, -0.1) is 0 Å². The molecule has 9 nitrogen and oxygen atoms in total. The highest BCUT2D eigenvalue weighted by Crippen LogP contribution is 2.23. The molecule has 2 aromatic rings. The number of aryl methyl sites for hydroxylation is 1. The maximum absolute atomic E-state index is 13.4. The lowest BCUT2D eigenvalue weighted by atomic mass is 10.0. The van der Waals surface area contributed by atoms with Gasteiger partial charge in [0.1, 0.15) is 24.2 Å². The zero-order chi connectivity index (χ0) is 26.0. The molecule has 2 atom stereocenters. The number of nitrogens with zero attached hydrogens (tertiary/aromatic N) is 2. The molecule has 0 aliphatic heterocycles. The van der Waals surface area contributed by atoms with E-state index in [1.165, 1.54) is 0 Å². The number of nitrogens with one attached hydrogen (secondary N) is 2. The van der Waals surface area contributed by atoms with Crippen LogP contribution in [0.3, 0.4) is 0 Å². The largest absolute Gasteiger partial charge is 0.444 e. The Morgan fingerprint density at radius 2 is 1.80 bits per heavy atom. The normalized spacial score (nSPS) is 12.6. The monoisotopic (exact) mass is 480 g/mol. The minimum absolute atomic E-state index is 0.218. The summed E-state index contributed by atoms with van der Waals surface area (Å²) in [5, 5.41) is 24.5. The van der Waals surface area contributed by atoms with Crippen LogP contribution < -0.4 is 10.6 Å². The van der Waals surface area contributed by atoms with E-state index in [4.69, 9.17) is 4.74 Å². The number of amides is 3. The highest BCUT2D eigenvalue weighted by atomic mass is 16.6. The molecule has 2 aromatic carbocycles. The number of aliphatic hydroxyl groups is 1. The summed E-state index contributed by atoms with van der Waals surface area (Å²) < 4.78 is 5.18. The van der Waals surface area contributed by atoms with Gasteiger partial charge in [-0.1, -0.05) is 60.2 Å². The minimum atomic E-state index is -1.41. The van der Waals surface area contributed by atoms with Gasteiger partial charge in [-0.3, -0.25) is 9.59 Å². The van der Waals surface area contributed by atoms with Crippen LogP contribution in [-0.2, 0) is 20.9 Å². The Hall–Kier alpha value is -3.90. The zero-order valence-electron chi connectivity index (χ0n) is 20.4. The van der Waals surface area contributed by atoms with Crippen LogP contribution in [0.1, 0.15) is 43.5 Å². The Bertz CT molecular complexity index is 1060. The van der Waals surface area contributed by atoms with E-state index < -0.39 is 48.7 Å². The van der Waals surface area contributed by atoms with E-state index in [1.54, 1.807) is 39.0 Å². The van der Waals surface area contributed by atoms with Crippen molar-refractivity contribution >= 4 is 17.9 Å². The molecule has 0 aromatic heterocycles. The van der Waals surface area contributed by atoms with Crippen molar-refractivity contribution in [2.24, 2.45) is 0 Å². The van der Waals surface area contributed by atoms with Gasteiger partial charge in [0.15, 0.2) is 0 Å². The lowest BCUT2D eigenvalue weighted by Crippen LogP contribution is -2.54. The quantitative estimate of drug-likeness (QED) is 0.473. The molecule has 0 saturated carbocycles. The van der Waals surface area contributed by atoms with Crippen LogP contribution in [0.2, 0.25) is 0 Å². The van der Waals surface area contributed by atoms with Crippen molar-refractivity contribution in [3.05, 3.63) is 71.3 Å². The summed E-state index contributed by atoms with van der Waals surface area (Å²) in [6.07, 6.45) is -0.901. The summed E-state index contributed by atoms with van der Waals surface area (Å²) in [5.41, 5.74) is 1.40. The second-order valence-corrected chi connectivity index (χ2v) is 9.03. The predicted molar refractivity (Wildman–Crippen MR) is 130 cm³/mol. The molecule has 0 spiro atoms. The summed E-state index contributed by atoms with van der Waals surface area (Å²) in [6.45, 7) is 5.87. The molecule has 0 saturated heterocycles. The Kier molecular flexibility index (Phi) is 9.79. The van der Waals surface area contributed by atoms with Gasteiger partial charge in [-0.05, 0) is 38.8 Å². The molecule has 2 unspecified atom stereocenters. The first-order valence-corrected chi connectivity index (χ1v) is 11.2. The van der Waals surface area contributed by atoms with Crippen LogP contribution >= 0.6 is 0 Å². The summed E-state index contributed by atoms with van der Waals surface area (Å²) in [6, 6.07) is 15.6. The number of rotatable bonds is 9.